The van der Waals surface area contributed by atoms with Crippen molar-refractivity contribution in [3.63, 3.8) is 0 Å². The molecule has 0 bridgehead atoms. The molecular weight excluding hydrogens is 112 g/mol. The second-order valence-corrected chi connectivity index (χ2v) is 3.06. The van der Waals surface area contributed by atoms with Gasteiger partial charge in [-0.25, -0.2) is 0 Å². The maximum atomic E-state index is 8.21. The third-order valence-electron chi connectivity index (χ3n) is 1.16. The molecule has 0 rings (SSSR count). The first-order chi connectivity index (χ1) is 3.98. The minimum Gasteiger partial charge on any atom is -0.308 e. The van der Waals surface area contributed by atoms with Crippen molar-refractivity contribution in [1.29, 1.82) is 10.7 Å². The number of rotatable bonds is 1. The second kappa shape index (κ2) is 2.63. The Labute approximate surface area is 56.0 Å². The molecule has 0 aromatic carbocycles. The zero-order chi connectivity index (χ0) is 7.49. The molecule has 0 aliphatic heterocycles. The van der Waals surface area contributed by atoms with Gasteiger partial charge in [0.25, 0.3) is 0 Å². The molecule has 0 fully saturated rings. The molecule has 2 heteroatoms. The van der Waals surface area contributed by atoms with Crippen LogP contribution in [-0.4, -0.2) is 5.71 Å². The fourth-order valence-electron chi connectivity index (χ4n) is 0.344. The van der Waals surface area contributed by atoms with Crippen molar-refractivity contribution in [2.75, 3.05) is 0 Å². The molecule has 0 atom stereocenters. The smallest absolute Gasteiger partial charge is 0.0733 e. The van der Waals surface area contributed by atoms with Gasteiger partial charge in [0, 0.05) is 11.1 Å². The Hall–Kier alpha value is -0.840. The largest absolute Gasteiger partial charge is 0.308 e. The topological polar surface area (TPSA) is 47.6 Å². The second-order valence-electron chi connectivity index (χ2n) is 3.06. The third-order valence-corrected chi connectivity index (χ3v) is 1.16. The molecule has 0 amide bonds. The minimum absolute atomic E-state index is 0.129. The lowest BCUT2D eigenvalue weighted by Crippen LogP contribution is -2.18. The van der Waals surface area contributed by atoms with Crippen LogP contribution in [0.5, 0.6) is 0 Å². The van der Waals surface area contributed by atoms with Gasteiger partial charge in [-0.05, 0) is 0 Å². The molecule has 0 aromatic heterocycles. The predicted octanol–water partition coefficient (Wildman–Crippen LogP) is 1.97. The molecule has 0 spiro atoms. The standard InChI is InChI=1S/C7H12N2/c1-7(2,3)6(9)4-5-8/h9H,4H2,1-3H3. The number of nitrogens with one attached hydrogen (secondary N) is 1. The van der Waals surface area contributed by atoms with Crippen molar-refractivity contribution in [2.45, 2.75) is 27.2 Å². The first-order valence-corrected chi connectivity index (χ1v) is 2.93. The summed E-state index contributed by atoms with van der Waals surface area (Å²) in [5.74, 6) is 0. The summed E-state index contributed by atoms with van der Waals surface area (Å²) in [7, 11) is 0. The first kappa shape index (κ1) is 8.16. The van der Waals surface area contributed by atoms with Crippen molar-refractivity contribution < 1.29 is 0 Å². The Bertz CT molecular complexity index is 145. The molecule has 0 aliphatic carbocycles. The number of nitrogens with zero attached hydrogens (tertiary/aromatic N) is 1. The van der Waals surface area contributed by atoms with Crippen LogP contribution in [0.3, 0.4) is 0 Å². The first-order valence-electron chi connectivity index (χ1n) is 2.93. The quantitative estimate of drug-likeness (QED) is 0.534. The molecule has 0 radical (unpaired) electrons. The van der Waals surface area contributed by atoms with Crippen LogP contribution in [0.1, 0.15) is 27.2 Å². The summed E-state index contributed by atoms with van der Waals surface area (Å²) in [4.78, 5) is 0. The van der Waals surface area contributed by atoms with E-state index in [1.165, 1.54) is 0 Å². The number of hydrogen-bond acceptors (Lipinski definition) is 2. The SMILES string of the molecule is CC(C)(C)C(=N)CC#N. The van der Waals surface area contributed by atoms with Gasteiger partial charge < -0.3 is 5.41 Å². The summed E-state index contributed by atoms with van der Waals surface area (Å²) in [6.07, 6.45) is 0.253. The molecule has 0 unspecified atom stereocenters. The zero-order valence-corrected chi connectivity index (χ0v) is 6.15. The van der Waals surface area contributed by atoms with E-state index in [2.05, 4.69) is 0 Å². The maximum Gasteiger partial charge on any atom is 0.0733 e. The van der Waals surface area contributed by atoms with E-state index in [1.54, 1.807) is 0 Å². The Kier molecular flexibility index (Phi) is 2.39. The molecule has 2 nitrogen and oxygen atoms in total. The average molecular weight is 124 g/mol. The molecule has 0 aromatic rings. The van der Waals surface area contributed by atoms with Crippen molar-refractivity contribution >= 4 is 5.71 Å². The van der Waals surface area contributed by atoms with Crippen LogP contribution >= 0.6 is 0 Å². The molecule has 1 N–H and O–H groups in total. The average Bonchev–Trinajstić information content (AvgIpc) is 1.64. The lowest BCUT2D eigenvalue weighted by atomic mass is 9.89. The molecule has 0 heterocycles. The van der Waals surface area contributed by atoms with Gasteiger partial charge in [0.1, 0.15) is 0 Å². The van der Waals surface area contributed by atoms with Crippen LogP contribution in [0.4, 0.5) is 0 Å². The highest BCUT2D eigenvalue weighted by molar-refractivity contribution is 5.87. The van der Waals surface area contributed by atoms with Crippen molar-refractivity contribution in [3.8, 4) is 6.07 Å². The zero-order valence-electron chi connectivity index (χ0n) is 6.15. The summed E-state index contributed by atoms with van der Waals surface area (Å²) in [5.41, 5.74) is 0.375. The van der Waals surface area contributed by atoms with E-state index < -0.39 is 0 Å². The lowest BCUT2D eigenvalue weighted by molar-refractivity contribution is 0.579. The van der Waals surface area contributed by atoms with Gasteiger partial charge in [-0.2, -0.15) is 5.26 Å². The highest BCUT2D eigenvalue weighted by Gasteiger charge is 2.15. The van der Waals surface area contributed by atoms with E-state index in [9.17, 15) is 0 Å². The molecule has 50 valence electrons. The van der Waals surface area contributed by atoms with E-state index in [-0.39, 0.29) is 11.8 Å². The van der Waals surface area contributed by atoms with Gasteiger partial charge in [0.2, 0.25) is 0 Å². The van der Waals surface area contributed by atoms with Crippen molar-refractivity contribution in [2.24, 2.45) is 5.41 Å². The monoisotopic (exact) mass is 124 g/mol. The summed E-state index contributed by atoms with van der Waals surface area (Å²) in [6.45, 7) is 5.81. The van der Waals surface area contributed by atoms with Crippen LogP contribution in [0.15, 0.2) is 0 Å². The molecule has 0 saturated heterocycles. The van der Waals surface area contributed by atoms with E-state index in [1.807, 2.05) is 26.8 Å². The number of hydrogen-bond donors (Lipinski definition) is 1. The van der Waals surface area contributed by atoms with Crippen LogP contribution < -0.4 is 0 Å². The van der Waals surface area contributed by atoms with E-state index in [0.717, 1.165) is 0 Å². The third kappa shape index (κ3) is 2.86. The predicted molar refractivity (Wildman–Crippen MR) is 37.4 cm³/mol. The summed E-state index contributed by atoms with van der Waals surface area (Å²) in [5, 5.41) is 15.5. The lowest BCUT2D eigenvalue weighted by Gasteiger charge is -2.16. The van der Waals surface area contributed by atoms with E-state index in [4.69, 9.17) is 10.7 Å². The minimum atomic E-state index is -0.129. The molecule has 0 aliphatic rings. The molecule has 0 saturated carbocycles. The molecule has 9 heavy (non-hydrogen) atoms. The van der Waals surface area contributed by atoms with Crippen LogP contribution in [0, 0.1) is 22.2 Å². The van der Waals surface area contributed by atoms with E-state index in [0.29, 0.717) is 5.71 Å². The Morgan fingerprint density at radius 2 is 2.00 bits per heavy atom. The fourth-order valence-corrected chi connectivity index (χ4v) is 0.344. The van der Waals surface area contributed by atoms with Gasteiger partial charge in [-0.3, -0.25) is 0 Å². The molecular formula is C7H12N2. The fraction of sp³-hybridized carbons (Fsp3) is 0.714. The van der Waals surface area contributed by atoms with Gasteiger partial charge in [-0.1, -0.05) is 20.8 Å². The summed E-state index contributed by atoms with van der Waals surface area (Å²) >= 11 is 0. The normalized spacial score (nSPS) is 10.4. The highest BCUT2D eigenvalue weighted by Crippen LogP contribution is 2.15. The van der Waals surface area contributed by atoms with Gasteiger partial charge in [0.15, 0.2) is 0 Å². The highest BCUT2D eigenvalue weighted by atomic mass is 14.5. The Morgan fingerprint density at radius 3 is 2.11 bits per heavy atom. The van der Waals surface area contributed by atoms with Crippen molar-refractivity contribution in [3.05, 3.63) is 0 Å². The van der Waals surface area contributed by atoms with Gasteiger partial charge in [-0.15, -0.1) is 0 Å². The van der Waals surface area contributed by atoms with Crippen LogP contribution in [0.2, 0.25) is 0 Å². The Morgan fingerprint density at radius 1 is 1.56 bits per heavy atom. The summed E-state index contributed by atoms with van der Waals surface area (Å²) in [6, 6.07) is 1.95. The number of nitriles is 1. The summed E-state index contributed by atoms with van der Waals surface area (Å²) < 4.78 is 0. The van der Waals surface area contributed by atoms with Crippen LogP contribution in [0.25, 0.3) is 0 Å². The Balaban J connectivity index is 3.93. The van der Waals surface area contributed by atoms with Crippen molar-refractivity contribution in [1.82, 2.24) is 0 Å². The maximum absolute atomic E-state index is 8.21. The van der Waals surface area contributed by atoms with E-state index >= 15 is 0 Å². The van der Waals surface area contributed by atoms with Gasteiger partial charge >= 0.3 is 0 Å². The van der Waals surface area contributed by atoms with Crippen LogP contribution in [-0.2, 0) is 0 Å². The van der Waals surface area contributed by atoms with Gasteiger partial charge in [0.05, 0.1) is 12.5 Å².